The number of Topliss-reactive ketones (excluding diaryl/α,β-unsaturated/α-hetero) is 1. The van der Waals surface area contributed by atoms with Crippen molar-refractivity contribution >= 4 is 5.78 Å². The zero-order valence-electron chi connectivity index (χ0n) is 15.1. The molecule has 4 aliphatic rings. The van der Waals surface area contributed by atoms with Gasteiger partial charge in [-0.15, -0.1) is 0 Å². The second-order valence-corrected chi connectivity index (χ2v) is 10.3. The monoisotopic (exact) mass is 320 g/mol. The summed E-state index contributed by atoms with van der Waals surface area (Å²) in [4.78, 5) is 12.5. The van der Waals surface area contributed by atoms with Crippen LogP contribution < -0.4 is 0 Å². The van der Waals surface area contributed by atoms with Crippen molar-refractivity contribution in [3.8, 4) is 0 Å². The Morgan fingerprint density at radius 1 is 1.00 bits per heavy atom. The van der Waals surface area contributed by atoms with Crippen LogP contribution in [0.3, 0.4) is 0 Å². The molecule has 4 aliphatic carbocycles. The lowest BCUT2D eigenvalue weighted by Crippen LogP contribution is -2.68. The summed E-state index contributed by atoms with van der Waals surface area (Å²) >= 11 is 0. The minimum absolute atomic E-state index is 0.138. The summed E-state index contributed by atoms with van der Waals surface area (Å²) in [5, 5.41) is 22.9. The quantitative estimate of drug-likeness (QED) is 0.718. The Balaban J connectivity index is 1.82. The van der Waals surface area contributed by atoms with Gasteiger partial charge in [-0.2, -0.15) is 0 Å². The average Bonchev–Trinajstić information content (AvgIpc) is 2.66. The zero-order chi connectivity index (χ0) is 16.9. The average molecular weight is 320 g/mol. The Kier molecular flexibility index (Phi) is 2.95. The summed E-state index contributed by atoms with van der Waals surface area (Å²) in [6.45, 7) is 8.41. The van der Waals surface area contributed by atoms with Crippen molar-refractivity contribution in [2.24, 2.45) is 28.1 Å². The molecule has 0 aromatic rings. The Morgan fingerprint density at radius 2 is 1.70 bits per heavy atom. The highest BCUT2D eigenvalue weighted by Crippen LogP contribution is 2.74. The van der Waals surface area contributed by atoms with Crippen molar-refractivity contribution in [3.05, 3.63) is 0 Å². The van der Waals surface area contributed by atoms with E-state index in [9.17, 15) is 15.0 Å². The van der Waals surface area contributed by atoms with Gasteiger partial charge in [0.2, 0.25) is 0 Å². The molecule has 0 amide bonds. The molecule has 23 heavy (non-hydrogen) atoms. The fourth-order valence-electron chi connectivity index (χ4n) is 7.71. The van der Waals surface area contributed by atoms with Crippen molar-refractivity contribution in [1.29, 1.82) is 0 Å². The van der Waals surface area contributed by atoms with E-state index in [1.54, 1.807) is 0 Å². The van der Waals surface area contributed by atoms with Crippen LogP contribution in [0, 0.1) is 28.1 Å². The van der Waals surface area contributed by atoms with Crippen LogP contribution in [-0.2, 0) is 4.79 Å². The number of rotatable bonds is 0. The minimum Gasteiger partial charge on any atom is -0.390 e. The van der Waals surface area contributed by atoms with Gasteiger partial charge in [0.05, 0.1) is 11.2 Å². The first-order chi connectivity index (χ1) is 10.5. The van der Waals surface area contributed by atoms with Gasteiger partial charge >= 0.3 is 0 Å². The second kappa shape index (κ2) is 4.22. The maximum Gasteiger partial charge on any atom is 0.138 e. The number of ketones is 1. The maximum absolute atomic E-state index is 12.5. The molecule has 130 valence electrons. The van der Waals surface area contributed by atoms with Gasteiger partial charge in [-0.3, -0.25) is 4.79 Å². The highest BCUT2D eigenvalue weighted by Gasteiger charge is 2.73. The van der Waals surface area contributed by atoms with E-state index in [2.05, 4.69) is 20.8 Å². The summed E-state index contributed by atoms with van der Waals surface area (Å²) in [6, 6.07) is 0. The van der Waals surface area contributed by atoms with Gasteiger partial charge < -0.3 is 10.2 Å². The molecule has 6 atom stereocenters. The molecule has 0 saturated heterocycles. The van der Waals surface area contributed by atoms with E-state index in [1.165, 1.54) is 0 Å². The number of fused-ring (bicyclic) bond motifs is 3. The molecule has 6 unspecified atom stereocenters. The lowest BCUT2D eigenvalue weighted by atomic mass is 9.39. The van der Waals surface area contributed by atoms with Gasteiger partial charge in [-0.05, 0) is 63.7 Å². The van der Waals surface area contributed by atoms with Gasteiger partial charge in [0.25, 0.3) is 0 Å². The van der Waals surface area contributed by atoms with E-state index in [0.717, 1.165) is 44.9 Å². The molecule has 0 heterocycles. The zero-order valence-corrected chi connectivity index (χ0v) is 15.1. The lowest BCUT2D eigenvalue weighted by molar-refractivity contribution is -0.255. The Bertz CT molecular complexity index is 565. The summed E-state index contributed by atoms with van der Waals surface area (Å²) in [6.07, 6.45) is 6.80. The molecule has 3 nitrogen and oxygen atoms in total. The largest absolute Gasteiger partial charge is 0.390 e. The van der Waals surface area contributed by atoms with Gasteiger partial charge in [-0.25, -0.2) is 0 Å². The molecule has 0 radical (unpaired) electrons. The SMILES string of the molecule is CC1(O)CC23CCC4C(C)(C)C(=O)CCC4(C)C2(O)CCC1C3. The van der Waals surface area contributed by atoms with Crippen LogP contribution in [0.1, 0.15) is 79.1 Å². The van der Waals surface area contributed by atoms with Gasteiger partial charge in [0, 0.05) is 22.7 Å². The Labute approximate surface area is 139 Å². The van der Waals surface area contributed by atoms with Crippen LogP contribution in [0.2, 0.25) is 0 Å². The van der Waals surface area contributed by atoms with E-state index >= 15 is 0 Å². The first kappa shape index (κ1) is 16.1. The standard InChI is InChI=1S/C20H32O3/c1-16(2)14-6-9-19-11-13(18(4,22)12-19)5-10-20(19,23)17(14,3)8-7-15(16)21/h13-14,22-23H,5-12H2,1-4H3. The molecule has 4 fully saturated rings. The van der Waals surface area contributed by atoms with Crippen molar-refractivity contribution in [2.45, 2.75) is 90.3 Å². The molecule has 3 heteroatoms. The van der Waals surface area contributed by atoms with Crippen LogP contribution in [0.5, 0.6) is 0 Å². The predicted octanol–water partition coefficient (Wildman–Crippen LogP) is 3.46. The third kappa shape index (κ3) is 1.66. The van der Waals surface area contributed by atoms with E-state index in [4.69, 9.17) is 0 Å². The third-order valence-corrected chi connectivity index (χ3v) is 9.03. The normalized spacial score (nSPS) is 57.7. The van der Waals surface area contributed by atoms with Crippen LogP contribution in [0.15, 0.2) is 0 Å². The fourth-order valence-corrected chi connectivity index (χ4v) is 7.71. The van der Waals surface area contributed by atoms with Crippen molar-refractivity contribution in [1.82, 2.24) is 0 Å². The van der Waals surface area contributed by atoms with Crippen molar-refractivity contribution in [3.63, 3.8) is 0 Å². The van der Waals surface area contributed by atoms with E-state index in [1.807, 2.05) is 6.92 Å². The molecule has 2 N–H and O–H groups in total. The molecular weight excluding hydrogens is 288 g/mol. The topological polar surface area (TPSA) is 57.5 Å². The highest BCUT2D eigenvalue weighted by atomic mass is 16.3. The molecule has 1 spiro atoms. The van der Waals surface area contributed by atoms with Gasteiger partial charge in [0.1, 0.15) is 5.78 Å². The molecule has 4 saturated carbocycles. The molecular formula is C20H32O3. The first-order valence-corrected chi connectivity index (χ1v) is 9.47. The maximum atomic E-state index is 12.5. The summed E-state index contributed by atoms with van der Waals surface area (Å²) in [5.41, 5.74) is -2.02. The Hall–Kier alpha value is -0.410. The summed E-state index contributed by atoms with van der Waals surface area (Å²) < 4.78 is 0. The fraction of sp³-hybridized carbons (Fsp3) is 0.950. The lowest BCUT2D eigenvalue weighted by Gasteiger charge is -2.67. The van der Waals surface area contributed by atoms with Crippen molar-refractivity contribution in [2.75, 3.05) is 0 Å². The van der Waals surface area contributed by atoms with Gasteiger partial charge in [0.15, 0.2) is 0 Å². The van der Waals surface area contributed by atoms with E-state index in [0.29, 0.717) is 18.1 Å². The second-order valence-electron chi connectivity index (χ2n) is 10.3. The molecule has 0 aromatic heterocycles. The summed E-state index contributed by atoms with van der Waals surface area (Å²) in [7, 11) is 0. The minimum atomic E-state index is -0.724. The van der Waals surface area contributed by atoms with Crippen LogP contribution in [0.25, 0.3) is 0 Å². The number of hydrogen-bond donors (Lipinski definition) is 2. The number of carbonyl (C=O) groups excluding carboxylic acids is 1. The predicted molar refractivity (Wildman–Crippen MR) is 88.8 cm³/mol. The number of hydrogen-bond acceptors (Lipinski definition) is 3. The van der Waals surface area contributed by atoms with Crippen molar-refractivity contribution < 1.29 is 15.0 Å². The smallest absolute Gasteiger partial charge is 0.138 e. The number of carbonyl (C=O) groups is 1. The van der Waals surface area contributed by atoms with Crippen LogP contribution >= 0.6 is 0 Å². The Morgan fingerprint density at radius 3 is 2.39 bits per heavy atom. The summed E-state index contributed by atoms with van der Waals surface area (Å²) in [5.74, 6) is 0.960. The molecule has 0 aliphatic heterocycles. The van der Waals surface area contributed by atoms with Crippen LogP contribution in [0.4, 0.5) is 0 Å². The first-order valence-electron chi connectivity index (χ1n) is 9.47. The van der Waals surface area contributed by atoms with Gasteiger partial charge in [-0.1, -0.05) is 20.8 Å². The van der Waals surface area contributed by atoms with Crippen LogP contribution in [-0.4, -0.2) is 27.2 Å². The highest BCUT2D eigenvalue weighted by molar-refractivity contribution is 5.85. The number of aliphatic hydroxyl groups is 2. The molecule has 0 aromatic carbocycles. The molecule has 4 rings (SSSR count). The van der Waals surface area contributed by atoms with E-state index < -0.39 is 11.2 Å². The van der Waals surface area contributed by atoms with E-state index in [-0.39, 0.29) is 22.2 Å². The third-order valence-electron chi connectivity index (χ3n) is 9.03. The molecule has 2 bridgehead atoms.